The molecule has 4 rings (SSSR count). The van der Waals surface area contributed by atoms with Gasteiger partial charge in [-0.1, -0.05) is 17.8 Å². The molecule has 2 aromatic rings. The fraction of sp³-hybridized carbons (Fsp3) is 0.474. The molecular weight excluding hydrogens is 368 g/mol. The molecule has 0 radical (unpaired) electrons. The molecule has 3 heterocycles. The third kappa shape index (κ3) is 3.29. The predicted octanol–water partition coefficient (Wildman–Crippen LogP) is 4.20. The van der Waals surface area contributed by atoms with Crippen LogP contribution in [0.2, 0.25) is 0 Å². The summed E-state index contributed by atoms with van der Waals surface area (Å²) in [4.78, 5) is 20.4. The van der Waals surface area contributed by atoms with E-state index < -0.39 is 11.4 Å². The van der Waals surface area contributed by atoms with Gasteiger partial charge in [0, 0.05) is 30.2 Å². The number of benzene rings is 1. The monoisotopic (exact) mass is 390 g/mol. The van der Waals surface area contributed by atoms with Crippen molar-refractivity contribution in [1.82, 2.24) is 4.98 Å². The lowest BCUT2D eigenvalue weighted by Gasteiger charge is -2.26. The highest BCUT2D eigenvalue weighted by Gasteiger charge is 2.44. The zero-order chi connectivity index (χ0) is 18.5. The SMILES string of the molecule is CN1C(=O)CCc2ccc(Sc3ncc([C@@]4(C)COC(C)(C)O4)s3)cc21. The molecule has 1 fully saturated rings. The average Bonchev–Trinajstić information content (AvgIpc) is 3.17. The van der Waals surface area contributed by atoms with Crippen molar-refractivity contribution in [2.24, 2.45) is 0 Å². The van der Waals surface area contributed by atoms with Crippen molar-refractivity contribution in [3.05, 3.63) is 34.8 Å². The summed E-state index contributed by atoms with van der Waals surface area (Å²) in [5.74, 6) is -0.396. The van der Waals surface area contributed by atoms with Gasteiger partial charge in [0.05, 0.1) is 11.5 Å². The van der Waals surface area contributed by atoms with E-state index in [1.807, 2.05) is 34.0 Å². The zero-order valence-corrected chi connectivity index (χ0v) is 17.0. The lowest BCUT2D eigenvalue weighted by Crippen LogP contribution is -2.31. The number of amides is 1. The number of hydrogen-bond acceptors (Lipinski definition) is 6. The average molecular weight is 391 g/mol. The molecule has 0 aliphatic carbocycles. The summed E-state index contributed by atoms with van der Waals surface area (Å²) in [5.41, 5.74) is 1.77. The predicted molar refractivity (Wildman–Crippen MR) is 103 cm³/mol. The van der Waals surface area contributed by atoms with Crippen LogP contribution < -0.4 is 4.90 Å². The van der Waals surface area contributed by atoms with Crippen molar-refractivity contribution in [3.63, 3.8) is 0 Å². The summed E-state index contributed by atoms with van der Waals surface area (Å²) in [6.07, 6.45) is 3.28. The van der Waals surface area contributed by atoms with Crippen LogP contribution in [0.15, 0.2) is 33.6 Å². The Morgan fingerprint density at radius 2 is 2.08 bits per heavy atom. The summed E-state index contributed by atoms with van der Waals surface area (Å²) < 4.78 is 12.8. The van der Waals surface area contributed by atoms with E-state index >= 15 is 0 Å². The molecule has 0 bridgehead atoms. The summed E-state index contributed by atoms with van der Waals surface area (Å²) in [5, 5.41) is 0. The van der Waals surface area contributed by atoms with Gasteiger partial charge in [0.15, 0.2) is 10.1 Å². The molecule has 26 heavy (non-hydrogen) atoms. The molecule has 7 heteroatoms. The van der Waals surface area contributed by atoms with Gasteiger partial charge in [-0.05, 0) is 44.9 Å². The third-order valence-electron chi connectivity index (χ3n) is 4.78. The Bertz CT molecular complexity index is 864. The van der Waals surface area contributed by atoms with Crippen LogP contribution in [0.1, 0.15) is 37.6 Å². The van der Waals surface area contributed by atoms with Crippen LogP contribution in [0.4, 0.5) is 5.69 Å². The molecule has 0 saturated carbocycles. The van der Waals surface area contributed by atoms with Crippen molar-refractivity contribution in [1.29, 1.82) is 0 Å². The molecule has 1 aromatic carbocycles. The third-order valence-corrected chi connectivity index (χ3v) is 7.08. The number of carbonyl (C=O) groups excluding carboxylic acids is 1. The minimum Gasteiger partial charge on any atom is -0.347 e. The van der Waals surface area contributed by atoms with Crippen molar-refractivity contribution in [2.45, 2.75) is 54.2 Å². The fourth-order valence-electron chi connectivity index (χ4n) is 3.36. The van der Waals surface area contributed by atoms with Crippen LogP contribution in [0.5, 0.6) is 0 Å². The molecule has 2 aliphatic heterocycles. The van der Waals surface area contributed by atoms with E-state index in [2.05, 4.69) is 23.2 Å². The minimum atomic E-state index is -0.568. The van der Waals surface area contributed by atoms with E-state index in [0.29, 0.717) is 13.0 Å². The van der Waals surface area contributed by atoms with Gasteiger partial charge in [-0.3, -0.25) is 4.79 Å². The highest BCUT2D eigenvalue weighted by atomic mass is 32.2. The summed E-state index contributed by atoms with van der Waals surface area (Å²) >= 11 is 3.24. The largest absolute Gasteiger partial charge is 0.347 e. The minimum absolute atomic E-state index is 0.171. The second kappa shape index (κ2) is 6.34. The summed E-state index contributed by atoms with van der Waals surface area (Å²) in [7, 11) is 1.84. The van der Waals surface area contributed by atoms with E-state index in [9.17, 15) is 4.79 Å². The maximum Gasteiger partial charge on any atom is 0.227 e. The van der Waals surface area contributed by atoms with Gasteiger partial charge in [-0.2, -0.15) is 0 Å². The molecule has 0 N–H and O–H groups in total. The highest BCUT2D eigenvalue weighted by molar-refractivity contribution is 8.01. The Morgan fingerprint density at radius 3 is 2.81 bits per heavy atom. The maximum absolute atomic E-state index is 11.9. The number of carbonyl (C=O) groups is 1. The first kappa shape index (κ1) is 18.0. The van der Waals surface area contributed by atoms with Crippen LogP contribution in [0.3, 0.4) is 0 Å². The molecule has 138 valence electrons. The van der Waals surface area contributed by atoms with Crippen molar-refractivity contribution in [3.8, 4) is 0 Å². The number of thiazole rings is 1. The van der Waals surface area contributed by atoms with E-state index in [1.54, 1.807) is 28.0 Å². The van der Waals surface area contributed by atoms with Crippen LogP contribution in [0, 0.1) is 0 Å². The second-order valence-electron chi connectivity index (χ2n) is 7.36. The van der Waals surface area contributed by atoms with Gasteiger partial charge in [-0.25, -0.2) is 4.98 Å². The standard InChI is InChI=1S/C19H22N2O3S2/c1-18(2)23-11-19(3,24-18)15-10-20-17(26-15)25-13-7-5-12-6-8-16(22)21(4)14(12)9-13/h5,7,9-10H,6,8,11H2,1-4H3/t19-/m1/s1. The van der Waals surface area contributed by atoms with Crippen LogP contribution in [-0.4, -0.2) is 30.3 Å². The van der Waals surface area contributed by atoms with Crippen molar-refractivity contribution >= 4 is 34.7 Å². The molecule has 1 aromatic heterocycles. The second-order valence-corrected chi connectivity index (χ2v) is 9.71. The van der Waals surface area contributed by atoms with Crippen LogP contribution in [0.25, 0.3) is 0 Å². The lowest BCUT2D eigenvalue weighted by molar-refractivity contribution is -0.158. The van der Waals surface area contributed by atoms with E-state index in [4.69, 9.17) is 9.47 Å². The van der Waals surface area contributed by atoms with Crippen molar-refractivity contribution in [2.75, 3.05) is 18.6 Å². The van der Waals surface area contributed by atoms with Crippen LogP contribution in [-0.2, 0) is 26.3 Å². The fourth-order valence-corrected chi connectivity index (χ4v) is 5.41. The van der Waals surface area contributed by atoms with Crippen molar-refractivity contribution < 1.29 is 14.3 Å². The Morgan fingerprint density at radius 1 is 1.27 bits per heavy atom. The normalized spacial score (nSPS) is 24.8. The number of ether oxygens (including phenoxy) is 2. The van der Waals surface area contributed by atoms with Gasteiger partial charge in [-0.15, -0.1) is 11.3 Å². The summed E-state index contributed by atoms with van der Waals surface area (Å²) in [6.45, 7) is 6.43. The molecular formula is C19H22N2O3S2. The number of fused-ring (bicyclic) bond motifs is 1. The van der Waals surface area contributed by atoms with Gasteiger partial charge in [0.1, 0.15) is 5.60 Å². The topological polar surface area (TPSA) is 51.7 Å². The van der Waals surface area contributed by atoms with Gasteiger partial charge in [0.2, 0.25) is 5.91 Å². The summed E-state index contributed by atoms with van der Waals surface area (Å²) in [6, 6.07) is 6.30. The van der Waals surface area contributed by atoms with E-state index in [0.717, 1.165) is 26.2 Å². The zero-order valence-electron chi connectivity index (χ0n) is 15.4. The molecule has 5 nitrogen and oxygen atoms in total. The Kier molecular flexibility index (Phi) is 4.38. The van der Waals surface area contributed by atoms with E-state index in [1.165, 1.54) is 5.56 Å². The molecule has 1 saturated heterocycles. The molecule has 2 aliphatic rings. The Labute approximate surface area is 161 Å². The molecule has 1 atom stereocenters. The highest BCUT2D eigenvalue weighted by Crippen LogP contribution is 2.43. The maximum atomic E-state index is 11.9. The first-order valence-corrected chi connectivity index (χ1v) is 10.3. The Balaban J connectivity index is 1.54. The molecule has 1 amide bonds. The first-order chi connectivity index (χ1) is 12.3. The Hall–Kier alpha value is -1.41. The molecule has 0 spiro atoms. The van der Waals surface area contributed by atoms with Gasteiger partial charge < -0.3 is 14.4 Å². The quantitative estimate of drug-likeness (QED) is 0.786. The number of rotatable bonds is 3. The van der Waals surface area contributed by atoms with Gasteiger partial charge in [0.25, 0.3) is 0 Å². The number of aryl methyl sites for hydroxylation is 1. The molecule has 0 unspecified atom stereocenters. The lowest BCUT2D eigenvalue weighted by atomic mass is 10.0. The number of aromatic nitrogens is 1. The number of hydrogen-bond donors (Lipinski definition) is 0. The number of anilines is 1. The smallest absolute Gasteiger partial charge is 0.227 e. The van der Waals surface area contributed by atoms with Crippen LogP contribution >= 0.6 is 23.1 Å². The van der Waals surface area contributed by atoms with E-state index in [-0.39, 0.29) is 5.91 Å². The number of nitrogens with zero attached hydrogens (tertiary/aromatic N) is 2. The first-order valence-electron chi connectivity index (χ1n) is 8.64. The van der Waals surface area contributed by atoms with Gasteiger partial charge >= 0.3 is 0 Å².